The second kappa shape index (κ2) is 4.44. The van der Waals surface area contributed by atoms with Gasteiger partial charge in [0, 0.05) is 18.9 Å². The first-order chi connectivity index (χ1) is 7.50. The van der Waals surface area contributed by atoms with Gasteiger partial charge in [-0.15, -0.1) is 11.8 Å². The summed E-state index contributed by atoms with van der Waals surface area (Å²) in [5.74, 6) is -0.173. The van der Waals surface area contributed by atoms with Crippen molar-refractivity contribution in [3.63, 3.8) is 0 Å². The molecular weight excluding hydrogens is 243 g/mol. The number of carbonyl (C=O) groups is 1. The molecule has 0 aromatic carbocycles. The SMILES string of the molecule is O=C([C@H]1CCCO1)N1CCSC1C(F)(F)F. The highest BCUT2D eigenvalue weighted by atomic mass is 32.2. The van der Waals surface area contributed by atoms with E-state index in [9.17, 15) is 18.0 Å². The Labute approximate surface area is 95.3 Å². The number of hydrogen-bond donors (Lipinski definition) is 0. The van der Waals surface area contributed by atoms with Gasteiger partial charge >= 0.3 is 6.18 Å². The Morgan fingerprint density at radius 1 is 1.44 bits per heavy atom. The minimum absolute atomic E-state index is 0.160. The second-order valence-corrected chi connectivity index (χ2v) is 4.99. The Balaban J connectivity index is 2.04. The van der Waals surface area contributed by atoms with Crippen LogP contribution in [-0.2, 0) is 9.53 Å². The summed E-state index contributed by atoms with van der Waals surface area (Å²) < 4.78 is 42.9. The molecular formula is C9H12F3NO2S. The lowest BCUT2D eigenvalue weighted by molar-refractivity contribution is -0.171. The highest BCUT2D eigenvalue weighted by Gasteiger charge is 2.49. The summed E-state index contributed by atoms with van der Waals surface area (Å²) in [5, 5.41) is -1.69. The van der Waals surface area contributed by atoms with Crippen LogP contribution in [0.25, 0.3) is 0 Å². The van der Waals surface area contributed by atoms with Gasteiger partial charge in [-0.3, -0.25) is 4.79 Å². The van der Waals surface area contributed by atoms with E-state index < -0.39 is 23.6 Å². The van der Waals surface area contributed by atoms with Crippen molar-refractivity contribution in [2.24, 2.45) is 0 Å². The van der Waals surface area contributed by atoms with E-state index in [1.165, 1.54) is 0 Å². The summed E-state index contributed by atoms with van der Waals surface area (Å²) in [7, 11) is 0. The molecule has 0 aromatic rings. The third kappa shape index (κ3) is 2.29. The van der Waals surface area contributed by atoms with Crippen LogP contribution < -0.4 is 0 Å². The molecule has 92 valence electrons. The maximum absolute atomic E-state index is 12.6. The molecule has 7 heteroatoms. The lowest BCUT2D eigenvalue weighted by Gasteiger charge is -2.27. The van der Waals surface area contributed by atoms with E-state index in [-0.39, 0.29) is 6.54 Å². The number of carbonyl (C=O) groups excluding carboxylic acids is 1. The van der Waals surface area contributed by atoms with Gasteiger partial charge in [0.25, 0.3) is 5.91 Å². The molecule has 0 aliphatic carbocycles. The van der Waals surface area contributed by atoms with Gasteiger partial charge < -0.3 is 9.64 Å². The molecule has 0 aromatic heterocycles. The molecule has 0 radical (unpaired) electrons. The van der Waals surface area contributed by atoms with Gasteiger partial charge in [-0.05, 0) is 12.8 Å². The first-order valence-corrected chi connectivity index (χ1v) is 6.15. The van der Waals surface area contributed by atoms with E-state index in [4.69, 9.17) is 4.74 Å². The van der Waals surface area contributed by atoms with Crippen molar-refractivity contribution in [1.82, 2.24) is 4.90 Å². The van der Waals surface area contributed by atoms with Crippen LogP contribution in [0, 0.1) is 0 Å². The number of alkyl halides is 3. The highest BCUT2D eigenvalue weighted by molar-refractivity contribution is 8.00. The van der Waals surface area contributed by atoms with Crippen LogP contribution in [0.3, 0.4) is 0 Å². The third-order valence-corrected chi connectivity index (χ3v) is 3.91. The Hall–Kier alpha value is -0.430. The molecule has 2 aliphatic heterocycles. The summed E-state index contributed by atoms with van der Waals surface area (Å²) >= 11 is 0.769. The summed E-state index contributed by atoms with van der Waals surface area (Å²) in [6, 6.07) is 0. The van der Waals surface area contributed by atoms with Crippen LogP contribution in [0.2, 0.25) is 0 Å². The van der Waals surface area contributed by atoms with Crippen molar-refractivity contribution in [1.29, 1.82) is 0 Å². The van der Waals surface area contributed by atoms with Gasteiger partial charge in [0.1, 0.15) is 6.10 Å². The van der Waals surface area contributed by atoms with Crippen LogP contribution in [0.1, 0.15) is 12.8 Å². The molecule has 0 N–H and O–H groups in total. The quantitative estimate of drug-likeness (QED) is 0.713. The zero-order valence-electron chi connectivity index (χ0n) is 8.50. The topological polar surface area (TPSA) is 29.5 Å². The molecule has 2 heterocycles. The fraction of sp³-hybridized carbons (Fsp3) is 0.889. The molecule has 1 unspecified atom stereocenters. The molecule has 2 rings (SSSR count). The maximum Gasteiger partial charge on any atom is 0.418 e. The van der Waals surface area contributed by atoms with Gasteiger partial charge in [-0.2, -0.15) is 13.2 Å². The van der Waals surface area contributed by atoms with Crippen molar-refractivity contribution in [3.8, 4) is 0 Å². The standard InChI is InChI=1S/C9H12F3NO2S/c10-9(11,12)8-13(3-5-16-8)7(14)6-2-1-4-15-6/h6,8H,1-5H2/t6-,8?/m1/s1. The molecule has 3 nitrogen and oxygen atoms in total. The van der Waals surface area contributed by atoms with Gasteiger partial charge in [-0.25, -0.2) is 0 Å². The Morgan fingerprint density at radius 2 is 2.19 bits per heavy atom. The molecule has 0 spiro atoms. The molecule has 0 saturated carbocycles. The fourth-order valence-corrected chi connectivity index (χ4v) is 3.03. The summed E-state index contributed by atoms with van der Waals surface area (Å²) in [5.41, 5.74) is 0. The molecule has 1 amide bonds. The summed E-state index contributed by atoms with van der Waals surface area (Å²) in [4.78, 5) is 12.7. The Kier molecular flexibility index (Phi) is 3.34. The second-order valence-electron chi connectivity index (χ2n) is 3.80. The Bertz CT molecular complexity index is 278. The third-order valence-electron chi connectivity index (χ3n) is 2.66. The molecule has 2 atom stereocenters. The van der Waals surface area contributed by atoms with E-state index in [0.717, 1.165) is 23.1 Å². The average molecular weight is 255 g/mol. The van der Waals surface area contributed by atoms with Crippen molar-refractivity contribution in [2.75, 3.05) is 18.9 Å². The number of ether oxygens (including phenoxy) is 1. The fourth-order valence-electron chi connectivity index (χ4n) is 1.92. The van der Waals surface area contributed by atoms with E-state index in [2.05, 4.69) is 0 Å². The van der Waals surface area contributed by atoms with E-state index in [1.807, 2.05) is 0 Å². The highest BCUT2D eigenvalue weighted by Crippen LogP contribution is 2.38. The van der Waals surface area contributed by atoms with Gasteiger partial charge in [0.2, 0.25) is 0 Å². The number of thioether (sulfide) groups is 1. The van der Waals surface area contributed by atoms with Crippen LogP contribution in [0.4, 0.5) is 13.2 Å². The molecule has 2 fully saturated rings. The van der Waals surface area contributed by atoms with E-state index in [1.54, 1.807) is 0 Å². The Morgan fingerprint density at radius 3 is 2.75 bits per heavy atom. The van der Waals surface area contributed by atoms with Crippen molar-refractivity contribution in [3.05, 3.63) is 0 Å². The largest absolute Gasteiger partial charge is 0.418 e. The predicted molar refractivity (Wildman–Crippen MR) is 53.0 cm³/mol. The number of nitrogens with zero attached hydrogens (tertiary/aromatic N) is 1. The van der Waals surface area contributed by atoms with Gasteiger partial charge in [0.15, 0.2) is 5.37 Å². The number of rotatable bonds is 1. The van der Waals surface area contributed by atoms with E-state index in [0.29, 0.717) is 18.8 Å². The minimum Gasteiger partial charge on any atom is -0.368 e. The smallest absolute Gasteiger partial charge is 0.368 e. The summed E-state index contributed by atoms with van der Waals surface area (Å²) in [6.45, 7) is 0.627. The number of hydrogen-bond acceptors (Lipinski definition) is 3. The van der Waals surface area contributed by atoms with Crippen LogP contribution in [0.15, 0.2) is 0 Å². The first-order valence-electron chi connectivity index (χ1n) is 5.10. The maximum atomic E-state index is 12.6. The minimum atomic E-state index is -4.35. The predicted octanol–water partition coefficient (Wildman–Crippen LogP) is 1.63. The van der Waals surface area contributed by atoms with Crippen molar-refractivity contribution >= 4 is 17.7 Å². The van der Waals surface area contributed by atoms with Gasteiger partial charge in [0.05, 0.1) is 0 Å². The summed E-state index contributed by atoms with van der Waals surface area (Å²) in [6.07, 6.45) is -3.74. The zero-order chi connectivity index (χ0) is 11.8. The van der Waals surface area contributed by atoms with E-state index >= 15 is 0 Å². The first kappa shape index (κ1) is 12.0. The lowest BCUT2D eigenvalue weighted by Crippen LogP contribution is -2.47. The monoisotopic (exact) mass is 255 g/mol. The average Bonchev–Trinajstić information content (AvgIpc) is 2.87. The molecule has 2 saturated heterocycles. The van der Waals surface area contributed by atoms with Crippen LogP contribution in [0.5, 0.6) is 0 Å². The molecule has 16 heavy (non-hydrogen) atoms. The molecule has 0 bridgehead atoms. The number of amides is 1. The lowest BCUT2D eigenvalue weighted by atomic mass is 10.2. The van der Waals surface area contributed by atoms with Crippen LogP contribution >= 0.6 is 11.8 Å². The molecule has 2 aliphatic rings. The zero-order valence-corrected chi connectivity index (χ0v) is 9.31. The van der Waals surface area contributed by atoms with Crippen molar-refractivity contribution in [2.45, 2.75) is 30.5 Å². The number of halogens is 3. The van der Waals surface area contributed by atoms with Crippen LogP contribution in [-0.4, -0.2) is 47.4 Å². The van der Waals surface area contributed by atoms with Gasteiger partial charge in [-0.1, -0.05) is 0 Å². The normalized spacial score (nSPS) is 31.1. The van der Waals surface area contributed by atoms with Crippen molar-refractivity contribution < 1.29 is 22.7 Å².